The summed E-state index contributed by atoms with van der Waals surface area (Å²) in [7, 11) is -3.15. The Bertz CT molecular complexity index is 625. The van der Waals surface area contributed by atoms with Crippen LogP contribution in [0.3, 0.4) is 0 Å². The summed E-state index contributed by atoms with van der Waals surface area (Å²) in [5.41, 5.74) is 0.986. The second-order valence-corrected chi connectivity index (χ2v) is 8.52. The molecular weight excluding hydrogens is 334 g/mol. The smallest absolute Gasteiger partial charge is 0.191 e. The maximum atomic E-state index is 11.5. The molecule has 6 heteroatoms. The van der Waals surface area contributed by atoms with Gasteiger partial charge in [-0.25, -0.2) is 13.4 Å². The highest BCUT2D eigenvalue weighted by atomic mass is 32.2. The average molecular weight is 368 g/mol. The molecule has 0 aliphatic rings. The van der Waals surface area contributed by atoms with Gasteiger partial charge in [0.1, 0.15) is 0 Å². The zero-order chi connectivity index (χ0) is 18.7. The first kappa shape index (κ1) is 21.5. The Morgan fingerprint density at radius 2 is 1.80 bits per heavy atom. The van der Waals surface area contributed by atoms with Crippen LogP contribution in [-0.4, -0.2) is 33.2 Å². The van der Waals surface area contributed by atoms with E-state index in [2.05, 4.69) is 29.5 Å². The third-order valence-corrected chi connectivity index (χ3v) is 5.12. The number of nitrogens with one attached hydrogen (secondary N) is 2. The predicted molar refractivity (Wildman–Crippen MR) is 106 cm³/mol. The number of rotatable bonds is 10. The number of guanidine groups is 1. The summed E-state index contributed by atoms with van der Waals surface area (Å²) < 4.78 is 23.0. The fourth-order valence-corrected chi connectivity index (χ4v) is 3.15. The average Bonchev–Trinajstić information content (AvgIpc) is 2.56. The van der Waals surface area contributed by atoms with Crippen molar-refractivity contribution in [3.63, 3.8) is 0 Å². The van der Waals surface area contributed by atoms with Gasteiger partial charge in [-0.2, -0.15) is 0 Å². The Balaban J connectivity index is 2.59. The third kappa shape index (κ3) is 8.91. The summed E-state index contributed by atoms with van der Waals surface area (Å²) in [6, 6.07) is 7.28. The number of unbranched alkanes of at least 4 members (excludes halogenated alkanes) is 3. The highest BCUT2D eigenvalue weighted by molar-refractivity contribution is 7.90. The molecule has 2 N–H and O–H groups in total. The summed E-state index contributed by atoms with van der Waals surface area (Å²) >= 11 is 0. The van der Waals surface area contributed by atoms with Crippen LogP contribution in [-0.2, 0) is 16.4 Å². The maximum absolute atomic E-state index is 11.5. The molecule has 0 bridgehead atoms. The number of sulfone groups is 1. The Morgan fingerprint density at radius 3 is 2.36 bits per heavy atom. The molecule has 142 valence electrons. The summed E-state index contributed by atoms with van der Waals surface area (Å²) in [6.45, 7) is 7.77. The zero-order valence-electron chi connectivity index (χ0n) is 16.0. The molecule has 0 spiro atoms. The van der Waals surface area contributed by atoms with E-state index in [9.17, 15) is 8.42 Å². The Labute approximate surface area is 153 Å². The van der Waals surface area contributed by atoms with Crippen LogP contribution in [0.15, 0.2) is 34.2 Å². The minimum absolute atomic E-state index is 0.339. The fraction of sp³-hybridized carbons (Fsp3) is 0.632. The van der Waals surface area contributed by atoms with E-state index >= 15 is 0 Å². The Morgan fingerprint density at radius 1 is 1.12 bits per heavy atom. The molecular formula is C19H33N3O2S. The van der Waals surface area contributed by atoms with Gasteiger partial charge < -0.3 is 10.6 Å². The second kappa shape index (κ2) is 11.1. The molecule has 1 aromatic rings. The van der Waals surface area contributed by atoms with E-state index in [1.807, 2.05) is 19.1 Å². The normalized spacial score (nSPS) is 13.5. The molecule has 0 fully saturated rings. The van der Waals surface area contributed by atoms with Crippen LogP contribution in [0.2, 0.25) is 0 Å². The lowest BCUT2D eigenvalue weighted by Gasteiger charge is -2.17. The van der Waals surface area contributed by atoms with Crippen LogP contribution < -0.4 is 10.6 Å². The van der Waals surface area contributed by atoms with E-state index in [0.717, 1.165) is 24.5 Å². The highest BCUT2D eigenvalue weighted by Gasteiger charge is 2.07. The molecule has 0 amide bonds. The van der Waals surface area contributed by atoms with E-state index < -0.39 is 9.84 Å². The minimum Gasteiger partial charge on any atom is -0.357 e. The first-order valence-corrected chi connectivity index (χ1v) is 11.1. The monoisotopic (exact) mass is 367 g/mol. The molecule has 25 heavy (non-hydrogen) atoms. The van der Waals surface area contributed by atoms with E-state index in [-0.39, 0.29) is 0 Å². The quantitative estimate of drug-likeness (QED) is 0.377. The first-order chi connectivity index (χ1) is 11.9. The molecule has 5 nitrogen and oxygen atoms in total. The first-order valence-electron chi connectivity index (χ1n) is 9.20. The van der Waals surface area contributed by atoms with Crippen LogP contribution >= 0.6 is 0 Å². The Hall–Kier alpha value is -1.56. The van der Waals surface area contributed by atoms with Crippen molar-refractivity contribution in [2.45, 2.75) is 70.4 Å². The molecule has 1 aromatic carbocycles. The molecule has 0 radical (unpaired) electrons. The topological polar surface area (TPSA) is 70.6 Å². The molecule has 1 rings (SSSR count). The number of aliphatic imine (C=N–C) groups is 1. The number of hydrogen-bond acceptors (Lipinski definition) is 3. The van der Waals surface area contributed by atoms with Gasteiger partial charge in [0.15, 0.2) is 15.8 Å². The van der Waals surface area contributed by atoms with Gasteiger partial charge in [-0.15, -0.1) is 0 Å². The van der Waals surface area contributed by atoms with Gasteiger partial charge in [0, 0.05) is 18.8 Å². The van der Waals surface area contributed by atoms with Crippen molar-refractivity contribution in [1.29, 1.82) is 0 Å². The zero-order valence-corrected chi connectivity index (χ0v) is 16.8. The maximum Gasteiger partial charge on any atom is 0.191 e. The number of nitrogens with zero attached hydrogens (tertiary/aromatic N) is 1. The van der Waals surface area contributed by atoms with Gasteiger partial charge in [-0.1, -0.05) is 44.7 Å². The van der Waals surface area contributed by atoms with Crippen LogP contribution in [0.1, 0.15) is 58.4 Å². The lowest BCUT2D eigenvalue weighted by Crippen LogP contribution is -2.42. The van der Waals surface area contributed by atoms with Gasteiger partial charge in [0.05, 0.1) is 11.4 Å². The van der Waals surface area contributed by atoms with Gasteiger partial charge in [-0.3, -0.25) is 0 Å². The molecule has 0 heterocycles. The summed E-state index contributed by atoms with van der Waals surface area (Å²) in [4.78, 5) is 4.94. The largest absolute Gasteiger partial charge is 0.357 e. The molecule has 0 aliphatic carbocycles. The van der Waals surface area contributed by atoms with Crippen molar-refractivity contribution in [2.75, 3.05) is 12.8 Å². The van der Waals surface area contributed by atoms with Crippen molar-refractivity contribution in [1.82, 2.24) is 10.6 Å². The van der Waals surface area contributed by atoms with Gasteiger partial charge in [-0.05, 0) is 38.0 Å². The van der Waals surface area contributed by atoms with E-state index in [1.54, 1.807) is 12.1 Å². The van der Waals surface area contributed by atoms with E-state index in [4.69, 9.17) is 0 Å². The van der Waals surface area contributed by atoms with E-state index in [1.165, 1.54) is 31.9 Å². The van der Waals surface area contributed by atoms with Gasteiger partial charge in [0.25, 0.3) is 0 Å². The predicted octanol–water partition coefficient (Wildman–Crippen LogP) is 3.50. The lowest BCUT2D eigenvalue weighted by molar-refractivity contribution is 0.537. The third-order valence-electron chi connectivity index (χ3n) is 3.99. The molecule has 0 aliphatic heterocycles. The molecule has 1 atom stereocenters. The van der Waals surface area contributed by atoms with Crippen LogP contribution in [0, 0.1) is 0 Å². The van der Waals surface area contributed by atoms with Crippen molar-refractivity contribution in [3.8, 4) is 0 Å². The summed E-state index contributed by atoms with van der Waals surface area (Å²) in [6.07, 6.45) is 7.41. The number of benzene rings is 1. The highest BCUT2D eigenvalue weighted by Crippen LogP contribution is 2.11. The summed E-state index contributed by atoms with van der Waals surface area (Å²) in [5.74, 6) is 0.803. The lowest BCUT2D eigenvalue weighted by atomic mass is 10.1. The molecule has 0 aromatic heterocycles. The van der Waals surface area contributed by atoms with Crippen molar-refractivity contribution in [3.05, 3.63) is 29.8 Å². The van der Waals surface area contributed by atoms with Gasteiger partial charge >= 0.3 is 0 Å². The minimum atomic E-state index is -3.15. The van der Waals surface area contributed by atoms with Crippen LogP contribution in [0.5, 0.6) is 0 Å². The number of hydrogen-bond donors (Lipinski definition) is 2. The van der Waals surface area contributed by atoms with Crippen molar-refractivity contribution < 1.29 is 8.42 Å². The van der Waals surface area contributed by atoms with Crippen molar-refractivity contribution in [2.24, 2.45) is 4.99 Å². The fourth-order valence-electron chi connectivity index (χ4n) is 2.52. The van der Waals surface area contributed by atoms with Crippen molar-refractivity contribution >= 4 is 15.8 Å². The summed E-state index contributed by atoms with van der Waals surface area (Å²) in [5, 5.41) is 6.71. The van der Waals surface area contributed by atoms with Gasteiger partial charge in [0.2, 0.25) is 0 Å². The molecule has 1 unspecified atom stereocenters. The van der Waals surface area contributed by atoms with E-state index in [0.29, 0.717) is 17.5 Å². The standard InChI is InChI=1S/C19H33N3O2S/c1-5-7-8-9-10-16(3)22-19(20-6-2)21-15-17-11-13-18(14-12-17)25(4,23)24/h11-14,16H,5-10,15H2,1-4H3,(H2,20,21,22). The molecule has 0 saturated carbocycles. The Kier molecular flexibility index (Phi) is 9.57. The van der Waals surface area contributed by atoms with Crippen LogP contribution in [0.4, 0.5) is 0 Å². The van der Waals surface area contributed by atoms with Crippen LogP contribution in [0.25, 0.3) is 0 Å². The molecule has 0 saturated heterocycles. The SMILES string of the molecule is CCCCCCC(C)NC(=NCc1ccc(S(C)(=O)=O)cc1)NCC. The second-order valence-electron chi connectivity index (χ2n) is 6.51.